The molecule has 15 heavy (non-hydrogen) atoms. The zero-order valence-corrected chi connectivity index (χ0v) is 9.96. The normalized spacial score (nSPS) is 28.1. The van der Waals surface area contributed by atoms with E-state index < -0.39 is 0 Å². The molecule has 0 saturated heterocycles. The van der Waals surface area contributed by atoms with Crippen LogP contribution < -0.4 is 5.32 Å². The van der Waals surface area contributed by atoms with E-state index in [2.05, 4.69) is 29.8 Å². The van der Waals surface area contributed by atoms with Crippen molar-refractivity contribution < 1.29 is 5.11 Å². The van der Waals surface area contributed by atoms with E-state index in [9.17, 15) is 5.11 Å². The van der Waals surface area contributed by atoms with Gasteiger partial charge in [-0.3, -0.25) is 0 Å². The summed E-state index contributed by atoms with van der Waals surface area (Å²) in [5, 5.41) is 15.3. The lowest BCUT2D eigenvalue weighted by molar-refractivity contribution is 0.144. The quantitative estimate of drug-likeness (QED) is 0.823. The van der Waals surface area contributed by atoms with Gasteiger partial charge >= 0.3 is 0 Å². The summed E-state index contributed by atoms with van der Waals surface area (Å²) < 4.78 is 0. The Morgan fingerprint density at radius 3 is 3.07 bits per heavy atom. The first-order valence-electron chi connectivity index (χ1n) is 5.72. The summed E-state index contributed by atoms with van der Waals surface area (Å²) in [4.78, 5) is 1.42. The van der Waals surface area contributed by atoms with Crippen molar-refractivity contribution in [1.29, 1.82) is 0 Å². The molecule has 1 fully saturated rings. The predicted octanol–water partition coefficient (Wildman–Crippen LogP) is 2.18. The van der Waals surface area contributed by atoms with Crippen molar-refractivity contribution in [1.82, 2.24) is 5.32 Å². The average molecular weight is 225 g/mol. The Kier molecular flexibility index (Phi) is 3.78. The van der Waals surface area contributed by atoms with Gasteiger partial charge in [-0.2, -0.15) is 0 Å². The second-order valence-electron chi connectivity index (χ2n) is 4.46. The van der Waals surface area contributed by atoms with Crippen LogP contribution in [0.5, 0.6) is 0 Å². The van der Waals surface area contributed by atoms with Gasteiger partial charge in [0.1, 0.15) is 0 Å². The largest absolute Gasteiger partial charge is 0.392 e. The first-order chi connectivity index (χ1) is 7.25. The fourth-order valence-electron chi connectivity index (χ4n) is 2.29. The number of hydrogen-bond acceptors (Lipinski definition) is 3. The van der Waals surface area contributed by atoms with Crippen molar-refractivity contribution in [2.75, 3.05) is 0 Å². The summed E-state index contributed by atoms with van der Waals surface area (Å²) in [5.74, 6) is 0. The number of nitrogens with one attached hydrogen (secondary N) is 1. The first kappa shape index (κ1) is 11.1. The molecule has 0 spiro atoms. The Hall–Kier alpha value is -0.380. The summed E-state index contributed by atoms with van der Waals surface area (Å²) in [6, 6.07) is 5.05. The fraction of sp³-hybridized carbons (Fsp3) is 0.667. The molecule has 1 saturated carbocycles. The molecule has 2 N–H and O–H groups in total. The van der Waals surface area contributed by atoms with Crippen LogP contribution in [0.25, 0.3) is 0 Å². The van der Waals surface area contributed by atoms with E-state index in [1.807, 2.05) is 11.3 Å². The molecule has 1 aromatic rings. The van der Waals surface area contributed by atoms with Gasteiger partial charge in [-0.1, -0.05) is 6.07 Å². The van der Waals surface area contributed by atoms with Crippen LogP contribution in [0, 0.1) is 0 Å². The van der Waals surface area contributed by atoms with Gasteiger partial charge in [0.15, 0.2) is 0 Å². The molecule has 0 aromatic carbocycles. The summed E-state index contributed by atoms with van der Waals surface area (Å²) >= 11 is 1.81. The zero-order valence-electron chi connectivity index (χ0n) is 9.15. The molecule has 84 valence electrons. The standard InChI is InChI=1S/C12H19NOS/c1-9(8-10-4-3-7-15-10)13-11-5-2-6-12(11)14/h3-4,7,9,11-14H,2,5-6,8H2,1H3/t9?,11-,12-/m0/s1. The molecular formula is C12H19NOS. The molecule has 1 aliphatic rings. The second kappa shape index (κ2) is 5.10. The number of hydrogen-bond donors (Lipinski definition) is 2. The van der Waals surface area contributed by atoms with Gasteiger partial charge in [0.05, 0.1) is 6.10 Å². The lowest BCUT2D eigenvalue weighted by Gasteiger charge is -2.21. The lowest BCUT2D eigenvalue weighted by Crippen LogP contribution is -2.42. The van der Waals surface area contributed by atoms with Crippen molar-refractivity contribution >= 4 is 11.3 Å². The van der Waals surface area contributed by atoms with Crippen molar-refractivity contribution in [3.63, 3.8) is 0 Å². The molecule has 1 aromatic heterocycles. The summed E-state index contributed by atoms with van der Waals surface area (Å²) in [6.07, 6.45) is 4.18. The van der Waals surface area contributed by atoms with Crippen LogP contribution in [0.15, 0.2) is 17.5 Å². The van der Waals surface area contributed by atoms with E-state index in [0.29, 0.717) is 12.1 Å². The van der Waals surface area contributed by atoms with Gasteiger partial charge in [0.25, 0.3) is 0 Å². The van der Waals surface area contributed by atoms with Gasteiger partial charge in [0, 0.05) is 17.0 Å². The van der Waals surface area contributed by atoms with E-state index >= 15 is 0 Å². The minimum absolute atomic E-state index is 0.129. The van der Waals surface area contributed by atoms with Gasteiger partial charge in [0.2, 0.25) is 0 Å². The highest BCUT2D eigenvalue weighted by molar-refractivity contribution is 7.09. The molecule has 0 amide bonds. The molecule has 0 aliphatic heterocycles. The number of aliphatic hydroxyl groups excluding tert-OH is 1. The van der Waals surface area contributed by atoms with E-state index in [1.165, 1.54) is 4.88 Å². The third kappa shape index (κ3) is 3.03. The Morgan fingerprint density at radius 1 is 1.60 bits per heavy atom. The Bertz CT molecular complexity index is 286. The van der Waals surface area contributed by atoms with E-state index in [4.69, 9.17) is 0 Å². The SMILES string of the molecule is CC(Cc1cccs1)N[C@H]1CCC[C@@H]1O. The maximum Gasteiger partial charge on any atom is 0.0693 e. The predicted molar refractivity (Wildman–Crippen MR) is 64.3 cm³/mol. The van der Waals surface area contributed by atoms with Gasteiger partial charge in [-0.25, -0.2) is 0 Å². The van der Waals surface area contributed by atoms with Gasteiger partial charge in [-0.05, 0) is 44.1 Å². The van der Waals surface area contributed by atoms with Crippen molar-refractivity contribution in [3.05, 3.63) is 22.4 Å². The summed E-state index contributed by atoms with van der Waals surface area (Å²) in [6.45, 7) is 2.20. The van der Waals surface area contributed by atoms with Crippen LogP contribution in [0.4, 0.5) is 0 Å². The Morgan fingerprint density at radius 2 is 2.47 bits per heavy atom. The third-order valence-electron chi connectivity index (χ3n) is 3.07. The highest BCUT2D eigenvalue weighted by Gasteiger charge is 2.25. The van der Waals surface area contributed by atoms with E-state index in [1.54, 1.807) is 0 Å². The maximum atomic E-state index is 9.70. The molecule has 3 heteroatoms. The maximum absolute atomic E-state index is 9.70. The molecule has 1 unspecified atom stereocenters. The molecule has 1 aliphatic carbocycles. The van der Waals surface area contributed by atoms with Crippen LogP contribution in [0.3, 0.4) is 0 Å². The fourth-order valence-corrected chi connectivity index (χ4v) is 3.13. The molecule has 2 nitrogen and oxygen atoms in total. The average Bonchev–Trinajstić information content (AvgIpc) is 2.79. The zero-order chi connectivity index (χ0) is 10.7. The smallest absolute Gasteiger partial charge is 0.0693 e. The van der Waals surface area contributed by atoms with Crippen LogP contribution in [0.2, 0.25) is 0 Å². The van der Waals surface area contributed by atoms with Crippen molar-refractivity contribution in [2.45, 2.75) is 50.8 Å². The number of aliphatic hydroxyl groups is 1. The monoisotopic (exact) mass is 225 g/mol. The molecule has 2 rings (SSSR count). The van der Waals surface area contributed by atoms with E-state index in [-0.39, 0.29) is 6.10 Å². The first-order valence-corrected chi connectivity index (χ1v) is 6.60. The third-order valence-corrected chi connectivity index (χ3v) is 3.96. The van der Waals surface area contributed by atoms with Crippen molar-refractivity contribution in [2.24, 2.45) is 0 Å². The minimum Gasteiger partial charge on any atom is -0.392 e. The van der Waals surface area contributed by atoms with Crippen LogP contribution in [0.1, 0.15) is 31.1 Å². The van der Waals surface area contributed by atoms with Crippen LogP contribution in [-0.2, 0) is 6.42 Å². The molecular weight excluding hydrogens is 206 g/mol. The highest BCUT2D eigenvalue weighted by Crippen LogP contribution is 2.20. The minimum atomic E-state index is -0.129. The molecule has 0 radical (unpaired) electrons. The lowest BCUT2D eigenvalue weighted by atomic mass is 10.1. The molecule has 1 heterocycles. The highest BCUT2D eigenvalue weighted by atomic mass is 32.1. The summed E-state index contributed by atoms with van der Waals surface area (Å²) in [5.41, 5.74) is 0. The Balaban J connectivity index is 1.79. The molecule has 0 bridgehead atoms. The van der Waals surface area contributed by atoms with Gasteiger partial charge < -0.3 is 10.4 Å². The molecule has 3 atom stereocenters. The Labute approximate surface area is 95.3 Å². The topological polar surface area (TPSA) is 32.3 Å². The van der Waals surface area contributed by atoms with Crippen molar-refractivity contribution in [3.8, 4) is 0 Å². The van der Waals surface area contributed by atoms with Gasteiger partial charge in [-0.15, -0.1) is 11.3 Å². The van der Waals surface area contributed by atoms with Crippen LogP contribution in [-0.4, -0.2) is 23.3 Å². The number of rotatable bonds is 4. The van der Waals surface area contributed by atoms with Crippen LogP contribution >= 0.6 is 11.3 Å². The summed E-state index contributed by atoms with van der Waals surface area (Å²) in [7, 11) is 0. The number of thiophene rings is 1. The second-order valence-corrected chi connectivity index (χ2v) is 5.49. The van der Waals surface area contributed by atoms with E-state index in [0.717, 1.165) is 25.7 Å².